The summed E-state index contributed by atoms with van der Waals surface area (Å²) in [5.74, 6) is 0. The molecule has 0 radical (unpaired) electrons. The Morgan fingerprint density at radius 1 is 0.500 bits per heavy atom. The molecule has 4 nitrogen and oxygen atoms in total. The third-order valence-electron chi connectivity index (χ3n) is 3.74. The average molecular weight is 466 g/mol. The van der Waals surface area contributed by atoms with E-state index in [1.165, 1.54) is 0 Å². The second kappa shape index (κ2) is 7.54. The molecule has 0 saturated carbocycles. The van der Waals surface area contributed by atoms with Gasteiger partial charge in [0.25, 0.3) is 12.9 Å². The van der Waals surface area contributed by atoms with Gasteiger partial charge in [-0.15, -0.1) is 0 Å². The molecular formula is C14H6F12O4. The van der Waals surface area contributed by atoms with Gasteiger partial charge in [0, 0.05) is 11.1 Å². The van der Waals surface area contributed by atoms with Gasteiger partial charge in [-0.3, -0.25) is 9.59 Å². The van der Waals surface area contributed by atoms with Gasteiger partial charge >= 0.3 is 35.9 Å². The van der Waals surface area contributed by atoms with Crippen LogP contribution < -0.4 is 0 Å². The van der Waals surface area contributed by atoms with E-state index in [1.54, 1.807) is 0 Å². The fraction of sp³-hybridized carbons (Fsp3) is 0.429. The van der Waals surface area contributed by atoms with E-state index in [1.807, 2.05) is 0 Å². The summed E-state index contributed by atoms with van der Waals surface area (Å²) in [6.45, 7) is -2.50. The zero-order valence-corrected chi connectivity index (χ0v) is 13.6. The normalized spacial score (nSPS) is 14.3. The summed E-state index contributed by atoms with van der Waals surface area (Å²) in [6, 6.07) is -1.72. The maximum absolute atomic E-state index is 13.1. The van der Waals surface area contributed by atoms with Gasteiger partial charge in [-0.25, -0.2) is 0 Å². The highest BCUT2D eigenvalue weighted by Crippen LogP contribution is 2.55. The van der Waals surface area contributed by atoms with E-state index in [0.717, 1.165) is 0 Å². The Morgan fingerprint density at radius 3 is 0.833 bits per heavy atom. The maximum atomic E-state index is 13.1. The van der Waals surface area contributed by atoms with Crippen LogP contribution in [0, 0.1) is 0 Å². The molecule has 170 valence electrons. The standard InChI is InChI=1S/C14H6F12O4/c15-11(16,17)9(29-5-27,12(18,19)20)7-1-2-8(4-3-7)10(30-6-28,13(21,22)23)14(24,25)26/h1-6H. The van der Waals surface area contributed by atoms with Crippen molar-refractivity contribution in [2.45, 2.75) is 35.9 Å². The third-order valence-corrected chi connectivity index (χ3v) is 3.74. The monoisotopic (exact) mass is 466 g/mol. The minimum absolute atomic E-state index is 0.430. The predicted octanol–water partition coefficient (Wildman–Crippen LogP) is 4.67. The second-order valence-corrected chi connectivity index (χ2v) is 5.36. The fourth-order valence-electron chi connectivity index (χ4n) is 2.46. The molecule has 0 saturated heterocycles. The first kappa shape index (κ1) is 25.4. The number of alkyl halides is 12. The van der Waals surface area contributed by atoms with E-state index in [2.05, 4.69) is 9.47 Å². The van der Waals surface area contributed by atoms with Crippen molar-refractivity contribution >= 4 is 12.9 Å². The highest BCUT2D eigenvalue weighted by atomic mass is 19.4. The maximum Gasteiger partial charge on any atom is 0.442 e. The SMILES string of the molecule is O=COC(c1ccc(C(OC=O)(C(F)(F)F)C(F)(F)F)cc1)(C(F)(F)F)C(F)(F)F. The van der Waals surface area contributed by atoms with E-state index in [0.29, 0.717) is 0 Å². The molecule has 0 heterocycles. The van der Waals surface area contributed by atoms with Crippen molar-refractivity contribution in [1.82, 2.24) is 0 Å². The minimum Gasteiger partial charge on any atom is -0.437 e. The lowest BCUT2D eigenvalue weighted by Crippen LogP contribution is -2.56. The number of halogens is 12. The molecule has 0 bridgehead atoms. The van der Waals surface area contributed by atoms with Crippen molar-refractivity contribution in [2.24, 2.45) is 0 Å². The zero-order chi connectivity index (χ0) is 23.8. The molecule has 0 aliphatic carbocycles. The molecule has 0 N–H and O–H groups in total. The number of carbonyl (C=O) groups is 2. The van der Waals surface area contributed by atoms with Crippen LogP contribution in [0.4, 0.5) is 52.7 Å². The number of carbonyl (C=O) groups excluding carboxylic acids is 2. The van der Waals surface area contributed by atoms with Crippen molar-refractivity contribution in [3.63, 3.8) is 0 Å². The Kier molecular flexibility index (Phi) is 6.37. The van der Waals surface area contributed by atoms with Crippen LogP contribution in [0.3, 0.4) is 0 Å². The molecule has 1 aromatic rings. The van der Waals surface area contributed by atoms with E-state index < -0.39 is 84.2 Å². The molecule has 0 aromatic heterocycles. The number of benzene rings is 1. The number of hydrogen-bond donors (Lipinski definition) is 0. The van der Waals surface area contributed by atoms with Crippen molar-refractivity contribution in [3.8, 4) is 0 Å². The van der Waals surface area contributed by atoms with E-state index in [-0.39, 0.29) is 0 Å². The molecule has 0 amide bonds. The number of hydrogen-bond acceptors (Lipinski definition) is 4. The molecule has 0 aliphatic heterocycles. The molecule has 1 rings (SSSR count). The second-order valence-electron chi connectivity index (χ2n) is 5.36. The first-order valence-electron chi connectivity index (χ1n) is 6.94. The van der Waals surface area contributed by atoms with Crippen molar-refractivity contribution in [1.29, 1.82) is 0 Å². The van der Waals surface area contributed by atoms with Crippen LogP contribution in [-0.2, 0) is 30.3 Å². The van der Waals surface area contributed by atoms with Crippen LogP contribution in [-0.4, -0.2) is 37.6 Å². The highest BCUT2D eigenvalue weighted by molar-refractivity contribution is 5.45. The summed E-state index contributed by atoms with van der Waals surface area (Å²) in [6.07, 6.45) is -25.7. The molecule has 16 heteroatoms. The van der Waals surface area contributed by atoms with Crippen LogP contribution in [0.15, 0.2) is 24.3 Å². The Morgan fingerprint density at radius 2 is 0.700 bits per heavy atom. The molecule has 0 aliphatic rings. The Balaban J connectivity index is 3.86. The smallest absolute Gasteiger partial charge is 0.437 e. The highest BCUT2D eigenvalue weighted by Gasteiger charge is 2.76. The van der Waals surface area contributed by atoms with E-state index in [9.17, 15) is 62.3 Å². The molecule has 0 unspecified atom stereocenters. The Bertz CT molecular complexity index is 665. The number of ether oxygens (including phenoxy) is 2. The largest absolute Gasteiger partial charge is 0.442 e. The first-order chi connectivity index (χ1) is 13.3. The molecular weight excluding hydrogens is 460 g/mol. The lowest BCUT2D eigenvalue weighted by Gasteiger charge is -2.37. The van der Waals surface area contributed by atoms with Gasteiger partial charge in [0.1, 0.15) is 0 Å². The molecule has 0 spiro atoms. The van der Waals surface area contributed by atoms with Gasteiger partial charge in [-0.2, -0.15) is 52.7 Å². The van der Waals surface area contributed by atoms with Gasteiger partial charge < -0.3 is 9.47 Å². The summed E-state index contributed by atoms with van der Waals surface area (Å²) in [4.78, 5) is 20.6. The molecule has 0 atom stereocenters. The third kappa shape index (κ3) is 3.74. The zero-order valence-electron chi connectivity index (χ0n) is 13.6. The summed E-state index contributed by atoms with van der Waals surface area (Å²) >= 11 is 0. The minimum atomic E-state index is -6.42. The first-order valence-corrected chi connectivity index (χ1v) is 6.94. The summed E-state index contributed by atoms with van der Waals surface area (Å²) in [5, 5.41) is 0. The van der Waals surface area contributed by atoms with Crippen LogP contribution in [0.25, 0.3) is 0 Å². The van der Waals surface area contributed by atoms with E-state index >= 15 is 0 Å². The fourth-order valence-corrected chi connectivity index (χ4v) is 2.46. The van der Waals surface area contributed by atoms with Crippen LogP contribution in [0.1, 0.15) is 11.1 Å². The van der Waals surface area contributed by atoms with Crippen molar-refractivity contribution < 1.29 is 71.7 Å². The van der Waals surface area contributed by atoms with Crippen molar-refractivity contribution in [2.75, 3.05) is 0 Å². The topological polar surface area (TPSA) is 52.6 Å². The van der Waals surface area contributed by atoms with Crippen LogP contribution in [0.2, 0.25) is 0 Å². The van der Waals surface area contributed by atoms with Gasteiger partial charge in [0.05, 0.1) is 0 Å². The van der Waals surface area contributed by atoms with Crippen molar-refractivity contribution in [3.05, 3.63) is 35.4 Å². The molecule has 30 heavy (non-hydrogen) atoms. The van der Waals surface area contributed by atoms with Gasteiger partial charge in [0.15, 0.2) is 0 Å². The molecule has 1 aromatic carbocycles. The lowest BCUT2D eigenvalue weighted by atomic mass is 9.86. The predicted molar refractivity (Wildman–Crippen MR) is 68.3 cm³/mol. The van der Waals surface area contributed by atoms with Gasteiger partial charge in [0.2, 0.25) is 0 Å². The summed E-state index contributed by atoms with van der Waals surface area (Å²) < 4.78 is 164. The average Bonchev–Trinajstić information content (AvgIpc) is 2.53. The lowest BCUT2D eigenvalue weighted by molar-refractivity contribution is -0.376. The summed E-state index contributed by atoms with van der Waals surface area (Å²) in [5.41, 5.74) is -14.9. The van der Waals surface area contributed by atoms with Gasteiger partial charge in [-0.05, 0) is 0 Å². The quantitative estimate of drug-likeness (QED) is 0.452. The van der Waals surface area contributed by atoms with Crippen LogP contribution >= 0.6 is 0 Å². The summed E-state index contributed by atoms with van der Waals surface area (Å²) in [7, 11) is 0. The molecule has 0 fully saturated rings. The van der Waals surface area contributed by atoms with E-state index in [4.69, 9.17) is 0 Å². The van der Waals surface area contributed by atoms with Crippen LogP contribution in [0.5, 0.6) is 0 Å². The Labute approximate surface area is 157 Å². The van der Waals surface area contributed by atoms with Gasteiger partial charge in [-0.1, -0.05) is 24.3 Å². The Hall–Kier alpha value is -2.68. The number of rotatable bonds is 6.